The number of nitrogens with zero attached hydrogens (tertiary/aromatic N) is 2. The number of carbonyl (C=O) groups excluding carboxylic acids is 3. The minimum atomic E-state index is -0.640. The Morgan fingerprint density at radius 1 is 0.912 bits per heavy atom. The van der Waals surface area contributed by atoms with Crippen LogP contribution in [0, 0.1) is 0 Å². The Labute approximate surface area is 205 Å². The highest BCUT2D eigenvalue weighted by Crippen LogP contribution is 2.20. The van der Waals surface area contributed by atoms with Gasteiger partial charge in [-0.15, -0.1) is 12.4 Å². The fraction of sp³-hybridized carbons (Fsp3) is 0.348. The van der Waals surface area contributed by atoms with Crippen LogP contribution in [0.3, 0.4) is 0 Å². The number of ether oxygens (including phenoxy) is 1. The van der Waals surface area contributed by atoms with Crippen LogP contribution in [0.2, 0.25) is 0 Å². The number of anilines is 2. The Morgan fingerprint density at radius 3 is 1.97 bits per heavy atom. The van der Waals surface area contributed by atoms with Crippen molar-refractivity contribution in [1.82, 2.24) is 15.4 Å². The van der Waals surface area contributed by atoms with E-state index >= 15 is 0 Å². The second-order valence-corrected chi connectivity index (χ2v) is 8.63. The maximum absolute atomic E-state index is 12.0. The van der Waals surface area contributed by atoms with E-state index in [4.69, 9.17) is 10.6 Å². The van der Waals surface area contributed by atoms with Crippen LogP contribution >= 0.6 is 12.4 Å². The summed E-state index contributed by atoms with van der Waals surface area (Å²) in [6.07, 6.45) is 0.814. The molecule has 2 aromatic rings. The molecule has 11 heteroatoms. The van der Waals surface area contributed by atoms with Crippen molar-refractivity contribution in [3.05, 3.63) is 59.7 Å². The summed E-state index contributed by atoms with van der Waals surface area (Å²) in [4.78, 5) is 35.0. The van der Waals surface area contributed by atoms with Crippen LogP contribution in [0.25, 0.3) is 0 Å². The number of carbonyl (C=O) groups is 3. The van der Waals surface area contributed by atoms with Crippen molar-refractivity contribution in [3.8, 4) is 0 Å². The van der Waals surface area contributed by atoms with E-state index in [0.717, 1.165) is 28.9 Å². The molecule has 10 nitrogen and oxygen atoms in total. The van der Waals surface area contributed by atoms with E-state index in [1.165, 1.54) is 10.0 Å². The average Bonchev–Trinajstić information content (AvgIpc) is 2.99. The van der Waals surface area contributed by atoms with E-state index in [9.17, 15) is 14.4 Å². The summed E-state index contributed by atoms with van der Waals surface area (Å²) in [5, 5.41) is 7.92. The minimum Gasteiger partial charge on any atom is -0.443 e. The van der Waals surface area contributed by atoms with E-state index in [2.05, 4.69) is 16.1 Å². The Kier molecular flexibility index (Phi) is 9.11. The second-order valence-electron chi connectivity index (χ2n) is 8.63. The fourth-order valence-electron chi connectivity index (χ4n) is 3.28. The summed E-state index contributed by atoms with van der Waals surface area (Å²) in [5.74, 6) is 5.48. The van der Waals surface area contributed by atoms with E-state index in [1.807, 2.05) is 48.5 Å². The summed E-state index contributed by atoms with van der Waals surface area (Å²) in [6, 6.07) is 14.7. The maximum Gasteiger partial charge on any atom is 0.426 e. The van der Waals surface area contributed by atoms with Crippen LogP contribution in [-0.4, -0.2) is 46.9 Å². The standard InChI is InChI=1S/C14H19N3O3.C9H11N3O.ClH/c1-14(2,3)20-13(19)16-17-9-8-10-6-4-5-7-11(10)15-12(17)18;10-12-6-5-7-3-1-2-4-8(7)11-9(12)13;/h4-7H,8-9H2,1-3H3,(H,15,18)(H,16,19);1-4H,5-6,10H2,(H,11,13);1H. The first-order chi connectivity index (χ1) is 15.6. The molecular weight excluding hydrogens is 460 g/mol. The molecule has 5 N–H and O–H groups in total. The highest BCUT2D eigenvalue weighted by atomic mass is 35.5. The van der Waals surface area contributed by atoms with Crippen molar-refractivity contribution in [2.24, 2.45) is 5.84 Å². The lowest BCUT2D eigenvalue weighted by molar-refractivity contribution is 0.0389. The molecule has 0 radical (unpaired) electrons. The van der Waals surface area contributed by atoms with Crippen molar-refractivity contribution >= 4 is 41.9 Å². The monoisotopic (exact) mass is 490 g/mol. The lowest BCUT2D eigenvalue weighted by atomic mass is 10.1. The van der Waals surface area contributed by atoms with E-state index in [0.29, 0.717) is 19.5 Å². The minimum absolute atomic E-state index is 0. The third-order valence-corrected chi connectivity index (χ3v) is 4.88. The van der Waals surface area contributed by atoms with Gasteiger partial charge in [-0.25, -0.2) is 30.7 Å². The number of para-hydroxylation sites is 2. The number of nitrogens with two attached hydrogens (primary N) is 1. The smallest absolute Gasteiger partial charge is 0.426 e. The second kappa shape index (κ2) is 11.6. The van der Waals surface area contributed by atoms with Crippen molar-refractivity contribution < 1.29 is 19.1 Å². The highest BCUT2D eigenvalue weighted by Gasteiger charge is 2.24. The number of benzene rings is 2. The molecule has 184 valence electrons. The molecule has 2 heterocycles. The fourth-order valence-corrected chi connectivity index (χ4v) is 3.28. The van der Waals surface area contributed by atoms with Gasteiger partial charge in [0.1, 0.15) is 5.60 Å². The predicted molar refractivity (Wildman–Crippen MR) is 133 cm³/mol. The van der Waals surface area contributed by atoms with E-state index in [-0.39, 0.29) is 24.5 Å². The van der Waals surface area contributed by atoms with Gasteiger partial charge in [-0.3, -0.25) is 5.01 Å². The molecule has 0 unspecified atom stereocenters. The van der Waals surface area contributed by atoms with Crippen LogP contribution in [0.15, 0.2) is 48.5 Å². The van der Waals surface area contributed by atoms with Gasteiger partial charge in [0.05, 0.1) is 0 Å². The molecular formula is C23H31ClN6O4. The van der Waals surface area contributed by atoms with Crippen molar-refractivity contribution in [1.29, 1.82) is 0 Å². The third-order valence-electron chi connectivity index (χ3n) is 4.88. The van der Waals surface area contributed by atoms with Gasteiger partial charge >= 0.3 is 18.2 Å². The summed E-state index contributed by atoms with van der Waals surface area (Å²) < 4.78 is 5.13. The molecule has 0 aliphatic carbocycles. The summed E-state index contributed by atoms with van der Waals surface area (Å²) in [7, 11) is 0. The molecule has 0 saturated carbocycles. The largest absolute Gasteiger partial charge is 0.443 e. The van der Waals surface area contributed by atoms with Gasteiger partial charge < -0.3 is 15.4 Å². The summed E-state index contributed by atoms with van der Waals surface area (Å²) in [5.41, 5.74) is 5.65. The number of hydrogen-bond acceptors (Lipinski definition) is 5. The van der Waals surface area contributed by atoms with Crippen molar-refractivity contribution in [3.63, 3.8) is 0 Å². The SMILES string of the molecule is CC(C)(C)OC(=O)NN1CCc2ccccc2NC1=O.Cl.NN1CCc2ccccc2NC1=O. The molecule has 2 aliphatic heterocycles. The molecule has 0 aromatic heterocycles. The van der Waals surface area contributed by atoms with Crippen LogP contribution in [0.1, 0.15) is 31.9 Å². The maximum atomic E-state index is 12.0. The van der Waals surface area contributed by atoms with Gasteiger partial charge in [-0.05, 0) is 56.9 Å². The lowest BCUT2D eigenvalue weighted by Crippen LogP contribution is -2.49. The number of nitrogens with one attached hydrogen (secondary N) is 3. The molecule has 0 spiro atoms. The number of fused-ring (bicyclic) bond motifs is 2. The Balaban J connectivity index is 0.000000253. The number of hydrazine groups is 2. The van der Waals surface area contributed by atoms with E-state index in [1.54, 1.807) is 20.8 Å². The zero-order valence-corrected chi connectivity index (χ0v) is 20.3. The zero-order valence-electron chi connectivity index (χ0n) is 19.5. The molecule has 0 atom stereocenters. The van der Waals surface area contributed by atoms with Crippen LogP contribution in [-0.2, 0) is 17.6 Å². The molecule has 0 saturated heterocycles. The van der Waals surface area contributed by atoms with Crippen molar-refractivity contribution in [2.45, 2.75) is 39.2 Å². The topological polar surface area (TPSA) is 129 Å². The average molecular weight is 491 g/mol. The number of amides is 5. The Morgan fingerprint density at radius 2 is 1.41 bits per heavy atom. The number of urea groups is 2. The van der Waals surface area contributed by atoms with Crippen LogP contribution in [0.5, 0.6) is 0 Å². The van der Waals surface area contributed by atoms with Crippen LogP contribution in [0.4, 0.5) is 25.8 Å². The van der Waals surface area contributed by atoms with Crippen LogP contribution < -0.4 is 21.9 Å². The Hall–Kier alpha value is -3.50. The predicted octanol–water partition coefficient (Wildman–Crippen LogP) is 3.89. The molecule has 0 bridgehead atoms. The first kappa shape index (κ1) is 26.7. The van der Waals surface area contributed by atoms with Gasteiger partial charge in [-0.2, -0.15) is 0 Å². The first-order valence-corrected chi connectivity index (χ1v) is 10.7. The number of rotatable bonds is 1. The molecule has 0 fully saturated rings. The lowest BCUT2D eigenvalue weighted by Gasteiger charge is -2.24. The molecule has 2 aliphatic rings. The van der Waals surface area contributed by atoms with E-state index < -0.39 is 11.7 Å². The molecule has 5 amide bonds. The highest BCUT2D eigenvalue weighted by molar-refractivity contribution is 5.92. The van der Waals surface area contributed by atoms with Gasteiger partial charge in [0.2, 0.25) is 0 Å². The number of hydrogen-bond donors (Lipinski definition) is 4. The molecule has 2 aromatic carbocycles. The Bertz CT molecular complexity index is 1030. The summed E-state index contributed by atoms with van der Waals surface area (Å²) in [6.45, 7) is 6.26. The van der Waals surface area contributed by atoms with Gasteiger partial charge in [0, 0.05) is 24.5 Å². The van der Waals surface area contributed by atoms with Crippen molar-refractivity contribution in [2.75, 3.05) is 23.7 Å². The zero-order chi connectivity index (χ0) is 24.0. The van der Waals surface area contributed by atoms with Gasteiger partial charge in [-0.1, -0.05) is 36.4 Å². The quantitative estimate of drug-likeness (QED) is 0.356. The van der Waals surface area contributed by atoms with Gasteiger partial charge in [0.25, 0.3) is 0 Å². The molecule has 34 heavy (non-hydrogen) atoms. The third kappa shape index (κ3) is 7.53. The summed E-state index contributed by atoms with van der Waals surface area (Å²) >= 11 is 0. The normalized spacial score (nSPS) is 14.9. The molecule has 4 rings (SSSR count). The number of halogens is 1. The van der Waals surface area contributed by atoms with Gasteiger partial charge in [0.15, 0.2) is 0 Å². The first-order valence-electron chi connectivity index (χ1n) is 10.7.